The minimum Gasteiger partial charge on any atom is -0.462 e. The molecule has 1 saturated heterocycles. The number of rotatable bonds is 6. The molecule has 5 rings (SSSR count). The fourth-order valence-corrected chi connectivity index (χ4v) is 4.26. The molecule has 3 heterocycles. The van der Waals surface area contributed by atoms with Gasteiger partial charge in [-0.25, -0.2) is 9.48 Å². The molecule has 1 aromatic heterocycles. The van der Waals surface area contributed by atoms with Gasteiger partial charge in [0.05, 0.1) is 18.5 Å². The molecule has 0 atom stereocenters. The summed E-state index contributed by atoms with van der Waals surface area (Å²) in [6.07, 6.45) is 1.38. The fraction of sp³-hybridized carbons (Fsp3) is 0.320. The lowest BCUT2D eigenvalue weighted by molar-refractivity contribution is 0.0527. The molecule has 0 saturated carbocycles. The van der Waals surface area contributed by atoms with Crippen molar-refractivity contribution < 1.29 is 23.8 Å². The normalized spacial score (nSPS) is 15.3. The smallest absolute Gasteiger partial charge is 0.343 e. The fourth-order valence-electron chi connectivity index (χ4n) is 4.26. The maximum atomic E-state index is 13.0. The number of piperazine rings is 1. The van der Waals surface area contributed by atoms with Gasteiger partial charge in [-0.05, 0) is 48.9 Å². The van der Waals surface area contributed by atoms with Gasteiger partial charge in [-0.15, -0.1) is 0 Å². The Morgan fingerprint density at radius 2 is 1.77 bits per heavy atom. The van der Waals surface area contributed by atoms with Gasteiger partial charge in [0, 0.05) is 38.3 Å². The van der Waals surface area contributed by atoms with Crippen molar-refractivity contribution in [2.45, 2.75) is 13.5 Å². The lowest BCUT2D eigenvalue weighted by Crippen LogP contribution is -2.48. The number of hydrogen-bond acceptors (Lipinski definition) is 8. The van der Waals surface area contributed by atoms with Crippen LogP contribution in [0.15, 0.2) is 48.7 Å². The van der Waals surface area contributed by atoms with Gasteiger partial charge in [-0.1, -0.05) is 6.07 Å². The third-order valence-corrected chi connectivity index (χ3v) is 6.16. The molecule has 3 aromatic rings. The first-order valence-corrected chi connectivity index (χ1v) is 11.5. The summed E-state index contributed by atoms with van der Waals surface area (Å²) < 4.78 is 17.3. The van der Waals surface area contributed by atoms with Gasteiger partial charge < -0.3 is 24.8 Å². The summed E-state index contributed by atoms with van der Waals surface area (Å²) >= 11 is 0. The molecular weight excluding hydrogens is 450 g/mol. The van der Waals surface area contributed by atoms with E-state index in [1.165, 1.54) is 10.9 Å². The lowest BCUT2D eigenvalue weighted by Gasteiger charge is -2.34. The molecule has 0 unspecified atom stereocenters. The molecule has 0 spiro atoms. The van der Waals surface area contributed by atoms with E-state index in [2.05, 4.69) is 16.1 Å². The zero-order chi connectivity index (χ0) is 24.4. The number of nitrogen functional groups attached to an aromatic ring is 1. The maximum Gasteiger partial charge on any atom is 0.343 e. The Bertz CT molecular complexity index is 1230. The predicted molar refractivity (Wildman–Crippen MR) is 128 cm³/mol. The summed E-state index contributed by atoms with van der Waals surface area (Å²) in [5, 5.41) is 4.19. The first-order chi connectivity index (χ1) is 17.0. The number of carbonyl (C=O) groups excluding carboxylic acids is 2. The molecule has 0 radical (unpaired) electrons. The van der Waals surface area contributed by atoms with Crippen LogP contribution in [0.5, 0.6) is 11.5 Å². The number of hydrogen-bond donors (Lipinski definition) is 1. The SMILES string of the molecule is CCOC(=O)c1cnn(-c2ccc(C(=O)N3CCN(Cc4ccc5c(c4)OCO5)CC3)cc2)c1N. The van der Waals surface area contributed by atoms with E-state index in [9.17, 15) is 9.59 Å². The van der Waals surface area contributed by atoms with Crippen LogP contribution in [-0.2, 0) is 11.3 Å². The van der Waals surface area contributed by atoms with Crippen molar-refractivity contribution in [3.05, 3.63) is 65.4 Å². The van der Waals surface area contributed by atoms with Crippen LogP contribution in [-0.4, -0.2) is 71.0 Å². The topological polar surface area (TPSA) is 112 Å². The molecule has 0 aliphatic carbocycles. The first kappa shape index (κ1) is 22.7. The molecule has 2 aliphatic heterocycles. The van der Waals surface area contributed by atoms with E-state index < -0.39 is 5.97 Å². The van der Waals surface area contributed by atoms with Gasteiger partial charge in [0.25, 0.3) is 5.91 Å². The van der Waals surface area contributed by atoms with Crippen molar-refractivity contribution in [1.82, 2.24) is 19.6 Å². The third kappa shape index (κ3) is 4.65. The van der Waals surface area contributed by atoms with E-state index >= 15 is 0 Å². The van der Waals surface area contributed by atoms with E-state index in [4.69, 9.17) is 19.9 Å². The number of aromatic nitrogens is 2. The van der Waals surface area contributed by atoms with Crippen LogP contribution in [0.1, 0.15) is 33.2 Å². The Hall–Kier alpha value is -4.05. The number of carbonyl (C=O) groups is 2. The molecule has 1 fully saturated rings. The van der Waals surface area contributed by atoms with Crippen molar-refractivity contribution in [1.29, 1.82) is 0 Å². The standard InChI is InChI=1S/C25H27N5O5/c1-2-33-25(32)20-14-27-30(23(20)26)19-6-4-18(5-7-19)24(31)29-11-9-28(10-12-29)15-17-3-8-21-22(13-17)35-16-34-21/h3-8,13-14H,2,9-12,15-16,26H2,1H3. The van der Waals surface area contributed by atoms with Crippen molar-refractivity contribution in [3.8, 4) is 17.2 Å². The van der Waals surface area contributed by atoms with E-state index in [0.29, 0.717) is 24.3 Å². The average Bonchev–Trinajstić information content (AvgIpc) is 3.50. The third-order valence-electron chi connectivity index (χ3n) is 6.16. The van der Waals surface area contributed by atoms with E-state index in [1.807, 2.05) is 17.0 Å². The Morgan fingerprint density at radius 3 is 2.51 bits per heavy atom. The second kappa shape index (κ2) is 9.67. The number of ether oxygens (including phenoxy) is 3. The minimum atomic E-state index is -0.513. The molecule has 10 nitrogen and oxygen atoms in total. The number of nitrogens with two attached hydrogens (primary N) is 1. The van der Waals surface area contributed by atoms with Crippen LogP contribution < -0.4 is 15.2 Å². The summed E-state index contributed by atoms with van der Waals surface area (Å²) in [5.74, 6) is 1.24. The predicted octanol–water partition coefficient (Wildman–Crippen LogP) is 2.32. The molecule has 2 N–H and O–H groups in total. The summed E-state index contributed by atoms with van der Waals surface area (Å²) in [4.78, 5) is 29.2. The van der Waals surface area contributed by atoms with Gasteiger partial charge >= 0.3 is 5.97 Å². The highest BCUT2D eigenvalue weighted by Gasteiger charge is 2.23. The van der Waals surface area contributed by atoms with Gasteiger partial charge in [0.2, 0.25) is 6.79 Å². The Labute approximate surface area is 202 Å². The molecule has 2 aromatic carbocycles. The van der Waals surface area contributed by atoms with Crippen LogP contribution in [0, 0.1) is 0 Å². The summed E-state index contributed by atoms with van der Waals surface area (Å²) in [6, 6.07) is 13.0. The molecule has 1 amide bonds. The van der Waals surface area contributed by atoms with Crippen LogP contribution >= 0.6 is 0 Å². The first-order valence-electron chi connectivity index (χ1n) is 11.5. The molecular formula is C25H27N5O5. The average molecular weight is 478 g/mol. The number of nitrogens with zero attached hydrogens (tertiary/aromatic N) is 4. The molecule has 0 bridgehead atoms. The number of esters is 1. The van der Waals surface area contributed by atoms with E-state index in [1.54, 1.807) is 31.2 Å². The van der Waals surface area contributed by atoms with Crippen molar-refractivity contribution in [2.75, 3.05) is 45.3 Å². The van der Waals surface area contributed by atoms with Crippen molar-refractivity contribution >= 4 is 17.7 Å². The number of fused-ring (bicyclic) bond motifs is 1. The molecule has 182 valence electrons. The van der Waals surface area contributed by atoms with Crippen LogP contribution in [0.3, 0.4) is 0 Å². The highest BCUT2D eigenvalue weighted by atomic mass is 16.7. The molecule has 10 heteroatoms. The van der Waals surface area contributed by atoms with Gasteiger partial charge in [-0.3, -0.25) is 9.69 Å². The highest BCUT2D eigenvalue weighted by Crippen LogP contribution is 2.33. The van der Waals surface area contributed by atoms with E-state index in [-0.39, 0.29) is 30.7 Å². The summed E-state index contributed by atoms with van der Waals surface area (Å²) in [6.45, 7) is 5.94. The Kier molecular flexibility index (Phi) is 6.28. The van der Waals surface area contributed by atoms with Gasteiger partial charge in [0.15, 0.2) is 11.5 Å². The van der Waals surface area contributed by atoms with Gasteiger partial charge in [-0.2, -0.15) is 5.10 Å². The molecule has 2 aliphatic rings. The largest absolute Gasteiger partial charge is 0.462 e. The quantitative estimate of drug-likeness (QED) is 0.539. The number of benzene rings is 2. The van der Waals surface area contributed by atoms with Crippen LogP contribution in [0.2, 0.25) is 0 Å². The lowest BCUT2D eigenvalue weighted by atomic mass is 10.1. The Morgan fingerprint density at radius 1 is 1.03 bits per heavy atom. The highest BCUT2D eigenvalue weighted by molar-refractivity contribution is 5.95. The minimum absolute atomic E-state index is 0.0140. The van der Waals surface area contributed by atoms with Gasteiger partial charge in [0.1, 0.15) is 11.4 Å². The number of anilines is 1. The zero-order valence-corrected chi connectivity index (χ0v) is 19.5. The Balaban J connectivity index is 1.18. The van der Waals surface area contributed by atoms with Crippen molar-refractivity contribution in [2.24, 2.45) is 0 Å². The molecule has 35 heavy (non-hydrogen) atoms. The van der Waals surface area contributed by atoms with E-state index in [0.717, 1.165) is 36.7 Å². The second-order valence-electron chi connectivity index (χ2n) is 8.38. The second-order valence-corrected chi connectivity index (χ2v) is 8.38. The summed E-state index contributed by atoms with van der Waals surface area (Å²) in [5.41, 5.74) is 8.70. The maximum absolute atomic E-state index is 13.0. The monoisotopic (exact) mass is 477 g/mol. The van der Waals surface area contributed by atoms with Crippen LogP contribution in [0.4, 0.5) is 5.82 Å². The summed E-state index contributed by atoms with van der Waals surface area (Å²) in [7, 11) is 0. The zero-order valence-electron chi connectivity index (χ0n) is 19.5. The van der Waals surface area contributed by atoms with Crippen LogP contribution in [0.25, 0.3) is 5.69 Å². The number of amides is 1. The van der Waals surface area contributed by atoms with Crippen molar-refractivity contribution in [3.63, 3.8) is 0 Å².